The van der Waals surface area contributed by atoms with E-state index in [-0.39, 0.29) is 36.6 Å². The van der Waals surface area contributed by atoms with Crippen molar-refractivity contribution >= 4 is 33.6 Å². The molecular formula is C30H33IrN4O2-. The molecule has 4 heterocycles. The first kappa shape index (κ1) is 28.4. The molecule has 0 bridgehead atoms. The first-order chi connectivity index (χ1) is 16.8. The fraction of sp³-hybridized carbons (Fsp3) is 0.333. The number of imidazole rings is 1. The molecule has 0 atom stereocenters. The zero-order valence-corrected chi connectivity index (χ0v) is 25.0. The number of fused-ring (bicyclic) bond motifs is 5. The van der Waals surface area contributed by atoms with Crippen LogP contribution in [0.2, 0.25) is 0 Å². The molecule has 7 heteroatoms. The average Bonchev–Trinajstić information content (AvgIpc) is 3.16. The number of aryl methyl sites for hydroxylation is 2. The van der Waals surface area contributed by atoms with E-state index < -0.39 is 5.97 Å². The van der Waals surface area contributed by atoms with Gasteiger partial charge in [0.2, 0.25) is 0 Å². The third-order valence-corrected chi connectivity index (χ3v) is 6.28. The second-order valence-electron chi connectivity index (χ2n) is 11.3. The number of pyridine rings is 3. The molecule has 0 fully saturated rings. The van der Waals surface area contributed by atoms with Crippen molar-refractivity contribution in [3.63, 3.8) is 0 Å². The van der Waals surface area contributed by atoms with Crippen LogP contribution in [0.3, 0.4) is 0 Å². The third kappa shape index (κ3) is 5.73. The molecule has 0 aliphatic heterocycles. The summed E-state index contributed by atoms with van der Waals surface area (Å²) in [7, 11) is 0. The molecule has 0 amide bonds. The van der Waals surface area contributed by atoms with E-state index in [4.69, 9.17) is 15.1 Å². The SMILES string of the molecule is Cc1cc2nc3c4[c-]cc(C(C)(C)C)nc4cc(C(C)(C)C)n3c2cc1C.O=C(O)c1ccccn1.[Ir]. The van der Waals surface area contributed by atoms with Crippen LogP contribution in [0.4, 0.5) is 0 Å². The fourth-order valence-electron chi connectivity index (χ4n) is 4.08. The monoisotopic (exact) mass is 674 g/mol. The molecule has 0 saturated carbocycles. The van der Waals surface area contributed by atoms with Crippen molar-refractivity contribution < 1.29 is 30.0 Å². The molecule has 195 valence electrons. The Balaban J connectivity index is 0.000000324. The third-order valence-electron chi connectivity index (χ3n) is 6.28. The van der Waals surface area contributed by atoms with Crippen LogP contribution in [0, 0.1) is 19.9 Å². The van der Waals surface area contributed by atoms with Gasteiger partial charge in [-0.3, -0.25) is 4.98 Å². The summed E-state index contributed by atoms with van der Waals surface area (Å²) < 4.78 is 2.30. The van der Waals surface area contributed by atoms with Crippen molar-refractivity contribution in [3.8, 4) is 0 Å². The zero-order chi connectivity index (χ0) is 26.4. The zero-order valence-electron chi connectivity index (χ0n) is 22.6. The van der Waals surface area contributed by atoms with Gasteiger partial charge in [-0.05, 0) is 65.9 Å². The van der Waals surface area contributed by atoms with Crippen molar-refractivity contribution in [1.82, 2.24) is 19.4 Å². The predicted molar refractivity (Wildman–Crippen MR) is 145 cm³/mol. The molecule has 0 spiro atoms. The Labute approximate surface area is 231 Å². The molecule has 0 unspecified atom stereocenters. The second-order valence-corrected chi connectivity index (χ2v) is 11.3. The van der Waals surface area contributed by atoms with Crippen molar-refractivity contribution in [1.29, 1.82) is 0 Å². The summed E-state index contributed by atoms with van der Waals surface area (Å²) in [4.78, 5) is 23.7. The topological polar surface area (TPSA) is 80.4 Å². The number of hydrogen-bond donors (Lipinski definition) is 1. The Hall–Kier alpha value is -3.15. The number of carboxylic acids is 1. The average molecular weight is 674 g/mol. The van der Waals surface area contributed by atoms with Crippen LogP contribution in [0.5, 0.6) is 0 Å². The normalized spacial score (nSPS) is 11.8. The summed E-state index contributed by atoms with van der Waals surface area (Å²) in [5, 5.41) is 9.31. The molecule has 5 aromatic rings. The van der Waals surface area contributed by atoms with E-state index in [0.29, 0.717) is 0 Å². The van der Waals surface area contributed by atoms with Gasteiger partial charge < -0.3 is 14.5 Å². The summed E-state index contributed by atoms with van der Waals surface area (Å²) in [5.41, 5.74) is 9.00. The molecule has 4 aromatic heterocycles. The Kier molecular flexibility index (Phi) is 7.92. The minimum atomic E-state index is -0.990. The van der Waals surface area contributed by atoms with Gasteiger partial charge in [-0.15, -0.1) is 12.1 Å². The molecule has 1 radical (unpaired) electrons. The number of nitrogens with zero attached hydrogens (tertiary/aromatic N) is 4. The Morgan fingerprint density at radius 2 is 1.59 bits per heavy atom. The molecule has 6 nitrogen and oxygen atoms in total. The number of carbonyl (C=O) groups is 1. The van der Waals surface area contributed by atoms with Gasteiger partial charge in [-0.1, -0.05) is 59.1 Å². The number of aromatic carboxylic acids is 1. The number of carboxylic acid groups (broad SMARTS) is 1. The standard InChI is InChI=1S/C24H28N3.C6H5NO2.Ir/c1-14-11-18-19(12-15(14)2)27-21(24(6,7)8)13-17-16(22(27)26-18)9-10-20(25-17)23(3,4)5;8-6(9)5-3-1-2-4-7-5;/h10-13H,1-8H3;1-4H,(H,8,9);/q-1;;. The van der Waals surface area contributed by atoms with Crippen molar-refractivity contribution in [2.45, 2.75) is 66.2 Å². The maximum absolute atomic E-state index is 10.1. The summed E-state index contributed by atoms with van der Waals surface area (Å²) in [6, 6.07) is 16.9. The summed E-state index contributed by atoms with van der Waals surface area (Å²) in [5.74, 6) is -0.990. The Bertz CT molecular complexity index is 1590. The van der Waals surface area contributed by atoms with E-state index in [0.717, 1.165) is 33.3 Å². The van der Waals surface area contributed by atoms with E-state index >= 15 is 0 Å². The van der Waals surface area contributed by atoms with Crippen LogP contribution in [0.1, 0.15) is 74.5 Å². The van der Waals surface area contributed by atoms with Crippen molar-refractivity contribution in [3.05, 3.63) is 82.9 Å². The van der Waals surface area contributed by atoms with Crippen molar-refractivity contribution in [2.75, 3.05) is 0 Å². The molecule has 1 N–H and O–H groups in total. The van der Waals surface area contributed by atoms with Gasteiger partial charge in [0, 0.05) is 37.4 Å². The van der Waals surface area contributed by atoms with Gasteiger partial charge in [0.15, 0.2) is 0 Å². The van der Waals surface area contributed by atoms with E-state index in [9.17, 15) is 4.79 Å². The van der Waals surface area contributed by atoms with Crippen LogP contribution in [0.15, 0.2) is 48.7 Å². The number of rotatable bonds is 1. The van der Waals surface area contributed by atoms with E-state index in [2.05, 4.69) is 89.0 Å². The smallest absolute Gasteiger partial charge is 0.354 e. The van der Waals surface area contributed by atoms with E-state index in [1.165, 1.54) is 29.1 Å². The van der Waals surface area contributed by atoms with Gasteiger partial charge in [0.25, 0.3) is 0 Å². The van der Waals surface area contributed by atoms with Gasteiger partial charge in [0.05, 0.1) is 16.7 Å². The molecule has 0 aliphatic carbocycles. The summed E-state index contributed by atoms with van der Waals surface area (Å²) in [6.45, 7) is 17.6. The Morgan fingerprint density at radius 3 is 2.14 bits per heavy atom. The molecular weight excluding hydrogens is 641 g/mol. The van der Waals surface area contributed by atoms with Crippen LogP contribution in [0.25, 0.3) is 27.6 Å². The quantitative estimate of drug-likeness (QED) is 0.198. The fourth-order valence-corrected chi connectivity index (χ4v) is 4.08. The Morgan fingerprint density at radius 1 is 0.919 bits per heavy atom. The van der Waals surface area contributed by atoms with Crippen LogP contribution < -0.4 is 0 Å². The van der Waals surface area contributed by atoms with Gasteiger partial charge in [-0.25, -0.2) is 9.78 Å². The molecule has 0 aliphatic rings. The number of hydrogen-bond acceptors (Lipinski definition) is 4. The maximum Gasteiger partial charge on any atom is 0.354 e. The first-order valence-electron chi connectivity index (χ1n) is 12.1. The number of aromatic nitrogens is 4. The predicted octanol–water partition coefficient (Wildman–Crippen LogP) is 6.83. The number of benzene rings is 1. The maximum atomic E-state index is 10.1. The van der Waals surface area contributed by atoms with Gasteiger partial charge in [0.1, 0.15) is 5.69 Å². The van der Waals surface area contributed by atoms with Crippen LogP contribution >= 0.6 is 0 Å². The molecule has 5 rings (SSSR count). The van der Waals surface area contributed by atoms with Crippen LogP contribution in [-0.2, 0) is 30.9 Å². The van der Waals surface area contributed by atoms with Gasteiger partial charge in [-0.2, -0.15) is 0 Å². The minimum absolute atomic E-state index is 0. The van der Waals surface area contributed by atoms with Crippen molar-refractivity contribution in [2.24, 2.45) is 0 Å². The summed E-state index contributed by atoms with van der Waals surface area (Å²) in [6.07, 6.45) is 1.45. The van der Waals surface area contributed by atoms with Crippen LogP contribution in [-0.4, -0.2) is 30.4 Å². The van der Waals surface area contributed by atoms with E-state index in [1.807, 2.05) is 6.07 Å². The second kappa shape index (κ2) is 10.3. The molecule has 0 saturated heterocycles. The van der Waals surface area contributed by atoms with Gasteiger partial charge >= 0.3 is 5.97 Å². The molecule has 1 aromatic carbocycles. The first-order valence-corrected chi connectivity index (χ1v) is 12.1. The largest absolute Gasteiger partial charge is 0.477 e. The molecule has 37 heavy (non-hydrogen) atoms. The van der Waals surface area contributed by atoms with E-state index in [1.54, 1.807) is 12.1 Å². The minimum Gasteiger partial charge on any atom is -0.477 e. The summed E-state index contributed by atoms with van der Waals surface area (Å²) >= 11 is 0.